The van der Waals surface area contributed by atoms with Crippen molar-refractivity contribution in [3.05, 3.63) is 67.3 Å². The predicted octanol–water partition coefficient (Wildman–Crippen LogP) is 3.50. The number of hydrogen-bond acceptors (Lipinski definition) is 3. The number of rotatable bonds is 4. The van der Waals surface area contributed by atoms with Crippen LogP contribution in [0.25, 0.3) is 22.8 Å². The Kier molecular flexibility index (Phi) is 3.51. The maximum atomic E-state index is 9.40. The Balaban J connectivity index is 2.08. The predicted molar refractivity (Wildman–Crippen MR) is 82.8 cm³/mol. The van der Waals surface area contributed by atoms with Gasteiger partial charge in [0, 0.05) is 11.1 Å². The zero-order valence-corrected chi connectivity index (χ0v) is 11.5. The van der Waals surface area contributed by atoms with Crippen LogP contribution in [-0.4, -0.2) is 19.9 Å². The first-order valence-electron chi connectivity index (χ1n) is 6.68. The number of aromatic nitrogens is 3. The standard InChI is InChI=1S/C17H15N3O/c1-2-12-20-17(14-8-10-15(21)11-9-14)18-16(19-20)13-6-4-3-5-7-13/h2-11,21H,1,12H2. The van der Waals surface area contributed by atoms with Gasteiger partial charge < -0.3 is 5.11 Å². The first kappa shape index (κ1) is 13.1. The second-order valence-corrected chi connectivity index (χ2v) is 4.64. The average Bonchev–Trinajstić information content (AvgIpc) is 2.93. The fourth-order valence-electron chi connectivity index (χ4n) is 2.13. The molecule has 104 valence electrons. The zero-order chi connectivity index (χ0) is 14.7. The number of nitrogens with zero attached hydrogens (tertiary/aromatic N) is 3. The summed E-state index contributed by atoms with van der Waals surface area (Å²) in [6, 6.07) is 16.8. The van der Waals surface area contributed by atoms with E-state index < -0.39 is 0 Å². The highest BCUT2D eigenvalue weighted by Gasteiger charge is 2.12. The monoisotopic (exact) mass is 277 g/mol. The van der Waals surface area contributed by atoms with Crippen molar-refractivity contribution in [2.45, 2.75) is 6.54 Å². The molecule has 21 heavy (non-hydrogen) atoms. The molecule has 2 aromatic carbocycles. The van der Waals surface area contributed by atoms with Crippen molar-refractivity contribution < 1.29 is 5.11 Å². The van der Waals surface area contributed by atoms with Gasteiger partial charge in [0.25, 0.3) is 0 Å². The van der Waals surface area contributed by atoms with Gasteiger partial charge in [0.1, 0.15) is 5.75 Å². The number of allylic oxidation sites excluding steroid dienone is 1. The van der Waals surface area contributed by atoms with E-state index in [1.54, 1.807) is 18.2 Å². The average molecular weight is 277 g/mol. The van der Waals surface area contributed by atoms with Gasteiger partial charge in [-0.05, 0) is 24.3 Å². The molecule has 4 heteroatoms. The molecule has 4 nitrogen and oxygen atoms in total. The Morgan fingerprint density at radius 3 is 2.38 bits per heavy atom. The minimum atomic E-state index is 0.233. The summed E-state index contributed by atoms with van der Waals surface area (Å²) in [5.41, 5.74) is 1.88. The molecule has 0 bridgehead atoms. The normalized spacial score (nSPS) is 10.5. The molecule has 3 aromatic rings. The van der Waals surface area contributed by atoms with Crippen molar-refractivity contribution in [1.82, 2.24) is 14.8 Å². The van der Waals surface area contributed by atoms with E-state index in [0.29, 0.717) is 12.4 Å². The van der Waals surface area contributed by atoms with E-state index in [0.717, 1.165) is 17.0 Å². The molecule has 0 aliphatic heterocycles. The van der Waals surface area contributed by atoms with Crippen molar-refractivity contribution in [2.24, 2.45) is 0 Å². The minimum Gasteiger partial charge on any atom is -0.508 e. The molecule has 1 N–H and O–H groups in total. The molecule has 0 saturated heterocycles. The van der Waals surface area contributed by atoms with Gasteiger partial charge in [-0.1, -0.05) is 36.4 Å². The van der Waals surface area contributed by atoms with Crippen molar-refractivity contribution in [2.75, 3.05) is 0 Å². The Labute approximate surface area is 123 Å². The van der Waals surface area contributed by atoms with Gasteiger partial charge in [-0.2, -0.15) is 5.10 Å². The molecule has 0 amide bonds. The Bertz CT molecular complexity index is 745. The maximum absolute atomic E-state index is 9.40. The summed E-state index contributed by atoms with van der Waals surface area (Å²) in [6.45, 7) is 4.34. The van der Waals surface area contributed by atoms with E-state index in [1.807, 2.05) is 47.1 Å². The highest BCUT2D eigenvalue weighted by Crippen LogP contribution is 2.24. The van der Waals surface area contributed by atoms with E-state index in [2.05, 4.69) is 16.7 Å². The quantitative estimate of drug-likeness (QED) is 0.742. The molecule has 0 unspecified atom stereocenters. The van der Waals surface area contributed by atoms with Crippen molar-refractivity contribution in [3.8, 4) is 28.5 Å². The van der Waals surface area contributed by atoms with E-state index in [4.69, 9.17) is 0 Å². The molecule has 1 aromatic heterocycles. The summed E-state index contributed by atoms with van der Waals surface area (Å²) in [7, 11) is 0. The van der Waals surface area contributed by atoms with Gasteiger partial charge in [0.2, 0.25) is 0 Å². The highest BCUT2D eigenvalue weighted by atomic mass is 16.3. The molecular weight excluding hydrogens is 262 g/mol. The van der Waals surface area contributed by atoms with Crippen molar-refractivity contribution in [3.63, 3.8) is 0 Å². The fourth-order valence-corrected chi connectivity index (χ4v) is 2.13. The third-order valence-electron chi connectivity index (χ3n) is 3.13. The third-order valence-corrected chi connectivity index (χ3v) is 3.13. The molecule has 0 radical (unpaired) electrons. The molecule has 0 fully saturated rings. The zero-order valence-electron chi connectivity index (χ0n) is 11.5. The van der Waals surface area contributed by atoms with Crippen LogP contribution in [0, 0.1) is 0 Å². The molecule has 0 spiro atoms. The Morgan fingerprint density at radius 2 is 1.71 bits per heavy atom. The van der Waals surface area contributed by atoms with Crippen LogP contribution in [0.1, 0.15) is 0 Å². The lowest BCUT2D eigenvalue weighted by Crippen LogP contribution is -2.00. The van der Waals surface area contributed by atoms with Crippen LogP contribution < -0.4 is 0 Å². The van der Waals surface area contributed by atoms with Gasteiger partial charge in [-0.3, -0.25) is 0 Å². The second-order valence-electron chi connectivity index (χ2n) is 4.64. The van der Waals surface area contributed by atoms with Crippen LogP contribution in [0.2, 0.25) is 0 Å². The van der Waals surface area contributed by atoms with Crippen molar-refractivity contribution >= 4 is 0 Å². The number of benzene rings is 2. The topological polar surface area (TPSA) is 50.9 Å². The lowest BCUT2D eigenvalue weighted by molar-refractivity contribution is 0.475. The van der Waals surface area contributed by atoms with Gasteiger partial charge in [0.15, 0.2) is 11.6 Å². The lowest BCUT2D eigenvalue weighted by Gasteiger charge is -2.02. The van der Waals surface area contributed by atoms with Crippen LogP contribution in [0.15, 0.2) is 67.3 Å². The smallest absolute Gasteiger partial charge is 0.181 e. The van der Waals surface area contributed by atoms with Crippen LogP contribution in [0.4, 0.5) is 0 Å². The molecule has 0 aliphatic carbocycles. The SMILES string of the molecule is C=CCn1nc(-c2ccccc2)nc1-c1ccc(O)cc1. The summed E-state index contributed by atoms with van der Waals surface area (Å²) in [6.07, 6.45) is 1.79. The maximum Gasteiger partial charge on any atom is 0.181 e. The number of phenolic OH excluding ortho intramolecular Hbond substituents is 1. The number of phenols is 1. The second kappa shape index (κ2) is 5.63. The van der Waals surface area contributed by atoms with E-state index in [9.17, 15) is 5.11 Å². The van der Waals surface area contributed by atoms with Gasteiger partial charge in [-0.15, -0.1) is 6.58 Å². The Morgan fingerprint density at radius 1 is 1.00 bits per heavy atom. The summed E-state index contributed by atoms with van der Waals surface area (Å²) in [5, 5.41) is 13.9. The molecule has 0 saturated carbocycles. The number of hydrogen-bond donors (Lipinski definition) is 1. The van der Waals surface area contributed by atoms with E-state index in [-0.39, 0.29) is 5.75 Å². The Hall–Kier alpha value is -2.88. The lowest BCUT2D eigenvalue weighted by atomic mass is 10.2. The number of aromatic hydroxyl groups is 1. The molecule has 1 heterocycles. The van der Waals surface area contributed by atoms with E-state index in [1.165, 1.54) is 0 Å². The van der Waals surface area contributed by atoms with Crippen molar-refractivity contribution in [1.29, 1.82) is 0 Å². The molecular formula is C17H15N3O. The van der Waals surface area contributed by atoms with Crippen LogP contribution >= 0.6 is 0 Å². The summed E-state index contributed by atoms with van der Waals surface area (Å²) < 4.78 is 1.81. The molecule has 0 atom stereocenters. The molecule has 0 aliphatic rings. The van der Waals surface area contributed by atoms with Crippen LogP contribution in [0.3, 0.4) is 0 Å². The van der Waals surface area contributed by atoms with Gasteiger partial charge in [-0.25, -0.2) is 9.67 Å². The minimum absolute atomic E-state index is 0.233. The van der Waals surface area contributed by atoms with Crippen LogP contribution in [0.5, 0.6) is 5.75 Å². The molecule has 3 rings (SSSR count). The summed E-state index contributed by atoms with van der Waals surface area (Å²) in [4.78, 5) is 4.62. The van der Waals surface area contributed by atoms with Gasteiger partial charge >= 0.3 is 0 Å². The summed E-state index contributed by atoms with van der Waals surface area (Å²) in [5.74, 6) is 1.67. The van der Waals surface area contributed by atoms with Gasteiger partial charge in [0.05, 0.1) is 6.54 Å². The van der Waals surface area contributed by atoms with Crippen LogP contribution in [-0.2, 0) is 6.54 Å². The summed E-state index contributed by atoms with van der Waals surface area (Å²) >= 11 is 0. The fraction of sp³-hybridized carbons (Fsp3) is 0.0588. The first-order chi connectivity index (χ1) is 10.3. The highest BCUT2D eigenvalue weighted by molar-refractivity contribution is 5.62. The largest absolute Gasteiger partial charge is 0.508 e. The van der Waals surface area contributed by atoms with E-state index >= 15 is 0 Å². The third kappa shape index (κ3) is 2.69. The first-order valence-corrected chi connectivity index (χ1v) is 6.68.